The molecular formula is C18H27ClN2O2. The third-order valence-electron chi connectivity index (χ3n) is 3.53. The van der Waals surface area contributed by atoms with Gasteiger partial charge in [-0.25, -0.2) is 0 Å². The number of carbonyl (C=O) groups is 1. The first-order valence-corrected chi connectivity index (χ1v) is 8.17. The molecule has 1 unspecified atom stereocenters. The van der Waals surface area contributed by atoms with Crippen LogP contribution in [0.2, 0.25) is 5.02 Å². The van der Waals surface area contributed by atoms with Crippen molar-refractivity contribution >= 4 is 18.1 Å². The zero-order valence-corrected chi connectivity index (χ0v) is 15.3. The first-order chi connectivity index (χ1) is 11.0. The van der Waals surface area contributed by atoms with E-state index in [1.807, 2.05) is 19.1 Å². The Kier molecular flexibility index (Phi) is 12.0. The summed E-state index contributed by atoms with van der Waals surface area (Å²) >= 11 is 5.71. The summed E-state index contributed by atoms with van der Waals surface area (Å²) < 4.78 is 3.86. The first-order valence-electron chi connectivity index (χ1n) is 7.79. The van der Waals surface area contributed by atoms with Gasteiger partial charge in [-0.15, -0.1) is 0 Å². The van der Waals surface area contributed by atoms with Crippen molar-refractivity contribution in [2.45, 2.75) is 33.1 Å². The number of ether oxygens (including phenoxy) is 1. The normalized spacial score (nSPS) is 16.3. The summed E-state index contributed by atoms with van der Waals surface area (Å²) in [4.78, 5) is 11.4. The predicted octanol–water partition coefficient (Wildman–Crippen LogP) is 4.05. The molecule has 1 saturated heterocycles. The Morgan fingerprint density at radius 3 is 2.57 bits per heavy atom. The van der Waals surface area contributed by atoms with Crippen LogP contribution in [0.4, 0.5) is 0 Å². The van der Waals surface area contributed by atoms with E-state index in [2.05, 4.69) is 23.6 Å². The van der Waals surface area contributed by atoms with E-state index in [1.54, 1.807) is 12.1 Å². The summed E-state index contributed by atoms with van der Waals surface area (Å²) in [6.07, 6.45) is 4.23. The molecule has 1 atom stereocenters. The molecule has 5 heteroatoms. The van der Waals surface area contributed by atoms with Crippen molar-refractivity contribution in [3.63, 3.8) is 0 Å². The highest BCUT2D eigenvalue weighted by atomic mass is 35.5. The predicted molar refractivity (Wildman–Crippen MR) is 94.5 cm³/mol. The molecule has 0 N–H and O–H groups in total. The van der Waals surface area contributed by atoms with E-state index in [1.165, 1.54) is 39.5 Å². The molecule has 1 aliphatic heterocycles. The maximum Gasteiger partial charge on any atom is 0.292 e. The Labute approximate surface area is 145 Å². The van der Waals surface area contributed by atoms with Gasteiger partial charge in [0, 0.05) is 6.54 Å². The van der Waals surface area contributed by atoms with Crippen LogP contribution < -0.4 is 0 Å². The fourth-order valence-corrected chi connectivity index (χ4v) is 2.66. The van der Waals surface area contributed by atoms with Crippen molar-refractivity contribution in [2.75, 3.05) is 27.2 Å². The number of halogens is 1. The van der Waals surface area contributed by atoms with Gasteiger partial charge in [-0.1, -0.05) is 31.0 Å². The molecule has 0 spiro atoms. The van der Waals surface area contributed by atoms with E-state index in [0.29, 0.717) is 17.1 Å². The van der Waals surface area contributed by atoms with E-state index in [9.17, 15) is 0 Å². The fourth-order valence-electron chi connectivity index (χ4n) is 2.38. The van der Waals surface area contributed by atoms with Crippen LogP contribution in [-0.2, 0) is 9.53 Å². The molecule has 0 saturated carbocycles. The molecule has 1 aliphatic rings. The van der Waals surface area contributed by atoms with Gasteiger partial charge in [-0.05, 0) is 57.0 Å². The number of nitrogens with zero attached hydrogens (tertiary/aromatic N) is 2. The average molecular weight is 339 g/mol. The maximum atomic E-state index is 8.95. The molecule has 23 heavy (non-hydrogen) atoms. The van der Waals surface area contributed by atoms with Crippen LogP contribution in [0.1, 0.15) is 37.3 Å². The summed E-state index contributed by atoms with van der Waals surface area (Å²) in [6.45, 7) is 7.25. The van der Waals surface area contributed by atoms with Crippen molar-refractivity contribution in [1.29, 1.82) is 5.26 Å². The van der Waals surface area contributed by atoms with Crippen LogP contribution in [0.3, 0.4) is 0 Å². The number of rotatable bonds is 3. The molecule has 1 fully saturated rings. The van der Waals surface area contributed by atoms with Gasteiger partial charge in [0.25, 0.3) is 6.47 Å². The van der Waals surface area contributed by atoms with Crippen molar-refractivity contribution in [1.82, 2.24) is 4.90 Å². The van der Waals surface area contributed by atoms with Gasteiger partial charge in [0.1, 0.15) is 6.07 Å². The second-order valence-corrected chi connectivity index (χ2v) is 6.04. The number of hydrogen-bond donors (Lipinski definition) is 0. The molecule has 0 aliphatic carbocycles. The standard InChI is InChI=1S/C8H6ClN.C8H17N.C2H4O2/c1-6-2-3-7(5-10)8(9)4-6;1-3-4-8-5-6-9(2)7-8;1-4-2-3/h2-4H,1H3;8H,3-7H2,1-2H3;2H,1H3. The minimum atomic E-state index is 0.375. The van der Waals surface area contributed by atoms with Gasteiger partial charge in [0.2, 0.25) is 0 Å². The SMILES string of the molecule is CCCC1CCN(C)C1.COC=O.Cc1ccc(C#N)c(Cl)c1. The topological polar surface area (TPSA) is 53.3 Å². The molecule has 0 radical (unpaired) electrons. The Hall–Kier alpha value is -1.57. The lowest BCUT2D eigenvalue weighted by Crippen LogP contribution is -2.13. The summed E-state index contributed by atoms with van der Waals surface area (Å²) in [6, 6.07) is 7.35. The second kappa shape index (κ2) is 12.9. The molecular weight excluding hydrogens is 312 g/mol. The fraction of sp³-hybridized carbons (Fsp3) is 0.556. The summed E-state index contributed by atoms with van der Waals surface area (Å²) in [5.74, 6) is 1.01. The first kappa shape index (κ1) is 21.4. The highest BCUT2D eigenvalue weighted by Crippen LogP contribution is 2.18. The number of likely N-dealkylation sites (tertiary alicyclic amines) is 1. The van der Waals surface area contributed by atoms with Crippen molar-refractivity contribution in [3.05, 3.63) is 34.3 Å². The number of nitriles is 1. The van der Waals surface area contributed by atoms with E-state index < -0.39 is 0 Å². The highest BCUT2D eigenvalue weighted by Gasteiger charge is 2.17. The Balaban J connectivity index is 0.000000345. The Morgan fingerprint density at radius 1 is 1.52 bits per heavy atom. The minimum Gasteiger partial charge on any atom is -0.471 e. The molecule has 128 valence electrons. The number of carbonyl (C=O) groups excluding carboxylic acids is 1. The van der Waals surface area contributed by atoms with E-state index in [4.69, 9.17) is 21.7 Å². The average Bonchev–Trinajstić information content (AvgIpc) is 2.94. The molecule has 1 aromatic rings. The quantitative estimate of drug-likeness (QED) is 0.780. The maximum absolute atomic E-state index is 8.95. The number of aryl methyl sites for hydroxylation is 1. The van der Waals surface area contributed by atoms with Crippen molar-refractivity contribution < 1.29 is 9.53 Å². The van der Waals surface area contributed by atoms with Crippen LogP contribution in [-0.4, -0.2) is 38.6 Å². The zero-order chi connectivity index (χ0) is 17.7. The van der Waals surface area contributed by atoms with Crippen LogP contribution in [0.25, 0.3) is 0 Å². The monoisotopic (exact) mass is 338 g/mol. The summed E-state index contributed by atoms with van der Waals surface area (Å²) in [7, 11) is 3.53. The third kappa shape index (κ3) is 9.93. The minimum absolute atomic E-state index is 0.375. The number of hydrogen-bond acceptors (Lipinski definition) is 4. The molecule has 0 bridgehead atoms. The van der Waals surface area contributed by atoms with E-state index in [-0.39, 0.29) is 0 Å². The zero-order valence-electron chi connectivity index (χ0n) is 14.5. The lowest BCUT2D eigenvalue weighted by atomic mass is 10.0. The van der Waals surface area contributed by atoms with Crippen LogP contribution in [0.15, 0.2) is 18.2 Å². The van der Waals surface area contributed by atoms with Gasteiger partial charge in [-0.2, -0.15) is 5.26 Å². The lowest BCUT2D eigenvalue weighted by Gasteiger charge is -2.07. The Bertz CT molecular complexity index is 498. The van der Waals surface area contributed by atoms with Crippen LogP contribution >= 0.6 is 11.6 Å². The smallest absolute Gasteiger partial charge is 0.292 e. The second-order valence-electron chi connectivity index (χ2n) is 5.63. The number of methoxy groups -OCH3 is 1. The van der Waals surface area contributed by atoms with Gasteiger partial charge < -0.3 is 9.64 Å². The van der Waals surface area contributed by atoms with Gasteiger partial charge in [0.15, 0.2) is 0 Å². The van der Waals surface area contributed by atoms with Gasteiger partial charge in [-0.3, -0.25) is 4.79 Å². The number of benzene rings is 1. The molecule has 2 rings (SSSR count). The molecule has 1 heterocycles. The van der Waals surface area contributed by atoms with Crippen molar-refractivity contribution in [2.24, 2.45) is 5.92 Å². The summed E-state index contributed by atoms with van der Waals surface area (Å²) in [5, 5.41) is 9.00. The molecule has 4 nitrogen and oxygen atoms in total. The molecule has 1 aromatic carbocycles. The van der Waals surface area contributed by atoms with E-state index >= 15 is 0 Å². The Morgan fingerprint density at radius 2 is 2.17 bits per heavy atom. The van der Waals surface area contributed by atoms with E-state index in [0.717, 1.165) is 11.5 Å². The van der Waals surface area contributed by atoms with Crippen LogP contribution in [0, 0.1) is 24.2 Å². The van der Waals surface area contributed by atoms with Gasteiger partial charge >= 0.3 is 0 Å². The van der Waals surface area contributed by atoms with Gasteiger partial charge in [0.05, 0.1) is 17.7 Å². The third-order valence-corrected chi connectivity index (χ3v) is 3.84. The van der Waals surface area contributed by atoms with Crippen LogP contribution in [0.5, 0.6) is 0 Å². The molecule has 0 amide bonds. The summed E-state index contributed by atoms with van der Waals surface area (Å²) in [5.41, 5.74) is 1.61. The van der Waals surface area contributed by atoms with Crippen molar-refractivity contribution in [3.8, 4) is 6.07 Å². The highest BCUT2D eigenvalue weighted by molar-refractivity contribution is 6.31. The molecule has 0 aromatic heterocycles. The largest absolute Gasteiger partial charge is 0.471 e. The lowest BCUT2D eigenvalue weighted by molar-refractivity contribution is -0.126.